The number of nitrogens with zero attached hydrogens (tertiary/aromatic N) is 1. The van der Waals surface area contributed by atoms with Gasteiger partial charge in [-0.2, -0.15) is 0 Å². The minimum Gasteiger partial charge on any atom is -0.492 e. The van der Waals surface area contributed by atoms with Gasteiger partial charge < -0.3 is 25.4 Å². The first-order valence-corrected chi connectivity index (χ1v) is 11.7. The molecule has 0 aliphatic heterocycles. The maximum atomic E-state index is 12.9. The number of aryl methyl sites for hydroxylation is 1. The van der Waals surface area contributed by atoms with Crippen LogP contribution in [0.5, 0.6) is 5.75 Å². The SMILES string of the molecule is C#CCN(CCOc1ccc(C(=O)O)cc1)C(=O)Cc1ccc(NC(=O)Nc2ccccc2C)c(Cl)c1. The highest BCUT2D eigenvalue weighted by molar-refractivity contribution is 6.33. The van der Waals surface area contributed by atoms with Crippen molar-refractivity contribution in [2.45, 2.75) is 13.3 Å². The van der Waals surface area contributed by atoms with E-state index in [4.69, 9.17) is 27.9 Å². The molecule has 3 aromatic carbocycles. The Morgan fingerprint density at radius 1 is 1.03 bits per heavy atom. The highest BCUT2D eigenvalue weighted by Crippen LogP contribution is 2.24. The van der Waals surface area contributed by atoms with Crippen LogP contribution in [-0.4, -0.2) is 47.6 Å². The van der Waals surface area contributed by atoms with Crippen molar-refractivity contribution in [2.75, 3.05) is 30.3 Å². The smallest absolute Gasteiger partial charge is 0.335 e. The number of halogens is 1. The Labute approximate surface area is 220 Å². The van der Waals surface area contributed by atoms with Gasteiger partial charge >= 0.3 is 12.0 Å². The summed E-state index contributed by atoms with van der Waals surface area (Å²) in [5.41, 5.74) is 2.84. The molecular weight excluding hydrogens is 494 g/mol. The number of hydrogen-bond donors (Lipinski definition) is 3. The van der Waals surface area contributed by atoms with Gasteiger partial charge in [0.15, 0.2) is 0 Å². The number of anilines is 2. The van der Waals surface area contributed by atoms with Crippen molar-refractivity contribution in [3.8, 4) is 18.1 Å². The molecule has 0 spiro atoms. The molecule has 0 bridgehead atoms. The second-order valence-electron chi connectivity index (χ2n) is 8.08. The molecule has 8 nitrogen and oxygen atoms in total. The molecule has 0 fully saturated rings. The largest absolute Gasteiger partial charge is 0.492 e. The molecule has 190 valence electrons. The Morgan fingerprint density at radius 3 is 2.38 bits per heavy atom. The van der Waals surface area contributed by atoms with Crippen LogP contribution in [0.15, 0.2) is 66.7 Å². The zero-order valence-electron chi connectivity index (χ0n) is 20.2. The van der Waals surface area contributed by atoms with Crippen LogP contribution >= 0.6 is 11.6 Å². The van der Waals surface area contributed by atoms with Gasteiger partial charge in [0, 0.05) is 5.69 Å². The number of benzene rings is 3. The predicted octanol–water partition coefficient (Wildman–Crippen LogP) is 5.07. The summed E-state index contributed by atoms with van der Waals surface area (Å²) in [6.07, 6.45) is 5.50. The Morgan fingerprint density at radius 2 is 1.73 bits per heavy atom. The second kappa shape index (κ2) is 13.0. The maximum Gasteiger partial charge on any atom is 0.335 e. The third-order valence-electron chi connectivity index (χ3n) is 5.40. The molecule has 9 heteroatoms. The van der Waals surface area contributed by atoms with Crippen LogP contribution in [0.1, 0.15) is 21.5 Å². The number of carboxylic acids is 1. The van der Waals surface area contributed by atoms with Gasteiger partial charge in [0.2, 0.25) is 5.91 Å². The number of carbonyl (C=O) groups excluding carboxylic acids is 2. The van der Waals surface area contributed by atoms with Crippen LogP contribution < -0.4 is 15.4 Å². The van der Waals surface area contributed by atoms with Crippen molar-refractivity contribution >= 4 is 40.9 Å². The third kappa shape index (κ3) is 8.02. The quantitative estimate of drug-likeness (QED) is 0.324. The van der Waals surface area contributed by atoms with Gasteiger partial charge in [-0.15, -0.1) is 6.42 Å². The van der Waals surface area contributed by atoms with Gasteiger partial charge in [0.25, 0.3) is 0 Å². The van der Waals surface area contributed by atoms with E-state index in [-0.39, 0.29) is 37.6 Å². The number of urea groups is 1. The molecule has 0 aromatic heterocycles. The average molecular weight is 520 g/mol. The molecule has 0 aliphatic carbocycles. The Kier molecular flexibility index (Phi) is 9.53. The minimum atomic E-state index is -1.02. The highest BCUT2D eigenvalue weighted by Gasteiger charge is 2.15. The van der Waals surface area contributed by atoms with E-state index in [1.807, 2.05) is 25.1 Å². The van der Waals surface area contributed by atoms with Crippen molar-refractivity contribution in [1.29, 1.82) is 0 Å². The maximum absolute atomic E-state index is 12.9. The third-order valence-corrected chi connectivity index (χ3v) is 5.71. The standard InChI is InChI=1S/C28H26ClN3O5/c1-3-14-32(15-16-37-22-11-9-21(10-12-22)27(34)35)26(33)18-20-8-13-25(23(29)17-20)31-28(36)30-24-7-5-4-6-19(24)2/h1,4-13,17H,14-16,18H2,2H3,(H,34,35)(H2,30,31,36). The lowest BCUT2D eigenvalue weighted by Crippen LogP contribution is -2.36. The minimum absolute atomic E-state index is 0.0599. The Bertz CT molecular complexity index is 1320. The van der Waals surface area contributed by atoms with Gasteiger partial charge in [-0.3, -0.25) is 4.79 Å². The van der Waals surface area contributed by atoms with Crippen LogP contribution in [-0.2, 0) is 11.2 Å². The molecule has 37 heavy (non-hydrogen) atoms. The van der Waals surface area contributed by atoms with Crippen molar-refractivity contribution in [1.82, 2.24) is 4.90 Å². The molecule has 0 radical (unpaired) electrons. The summed E-state index contributed by atoms with van der Waals surface area (Å²) in [5.74, 6) is 1.73. The molecule has 3 aromatic rings. The first kappa shape index (κ1) is 27.1. The number of ether oxygens (including phenoxy) is 1. The molecule has 3 amide bonds. The Balaban J connectivity index is 1.54. The van der Waals surface area contributed by atoms with E-state index in [9.17, 15) is 14.4 Å². The van der Waals surface area contributed by atoms with Crippen molar-refractivity contribution in [2.24, 2.45) is 0 Å². The Hall–Kier alpha value is -4.48. The lowest BCUT2D eigenvalue weighted by Gasteiger charge is -2.21. The summed E-state index contributed by atoms with van der Waals surface area (Å²) in [5, 5.41) is 14.7. The lowest BCUT2D eigenvalue weighted by atomic mass is 10.1. The van der Waals surface area contributed by atoms with E-state index in [1.165, 1.54) is 17.0 Å². The van der Waals surface area contributed by atoms with Crippen molar-refractivity contribution in [3.05, 3.63) is 88.4 Å². The van der Waals surface area contributed by atoms with Crippen LogP contribution in [0.25, 0.3) is 0 Å². The fraction of sp³-hybridized carbons (Fsp3) is 0.179. The summed E-state index contributed by atoms with van der Waals surface area (Å²) in [4.78, 5) is 37.7. The topological polar surface area (TPSA) is 108 Å². The first-order valence-electron chi connectivity index (χ1n) is 11.4. The van der Waals surface area contributed by atoms with Gasteiger partial charge in [-0.1, -0.05) is 41.8 Å². The first-order chi connectivity index (χ1) is 17.8. The molecule has 0 atom stereocenters. The van der Waals surface area contributed by atoms with Crippen molar-refractivity contribution in [3.63, 3.8) is 0 Å². The second-order valence-corrected chi connectivity index (χ2v) is 8.49. The van der Waals surface area contributed by atoms with Gasteiger partial charge in [0.1, 0.15) is 12.4 Å². The summed E-state index contributed by atoms with van der Waals surface area (Å²) in [6.45, 7) is 2.42. The monoisotopic (exact) mass is 519 g/mol. The van der Waals surface area contributed by atoms with Crippen LogP contribution in [0.3, 0.4) is 0 Å². The lowest BCUT2D eigenvalue weighted by molar-refractivity contribution is -0.130. The molecule has 3 N–H and O–H groups in total. The normalized spacial score (nSPS) is 10.2. The van der Waals surface area contributed by atoms with Gasteiger partial charge in [-0.25, -0.2) is 9.59 Å². The van der Waals surface area contributed by atoms with E-state index < -0.39 is 12.0 Å². The number of para-hydroxylation sites is 1. The number of terminal acetylenes is 1. The van der Waals surface area contributed by atoms with Crippen LogP contribution in [0.4, 0.5) is 16.2 Å². The molecule has 0 aliphatic rings. The number of carboxylic acid groups (broad SMARTS) is 1. The van der Waals surface area contributed by atoms with E-state index in [2.05, 4.69) is 16.6 Å². The molecule has 3 rings (SSSR count). The number of aromatic carboxylic acids is 1. The number of carbonyl (C=O) groups is 3. The highest BCUT2D eigenvalue weighted by atomic mass is 35.5. The number of rotatable bonds is 10. The van der Waals surface area contributed by atoms with E-state index in [0.717, 1.165) is 5.56 Å². The number of nitrogens with one attached hydrogen (secondary N) is 2. The van der Waals surface area contributed by atoms with Gasteiger partial charge in [-0.05, 0) is 60.5 Å². The zero-order valence-corrected chi connectivity index (χ0v) is 20.9. The summed E-state index contributed by atoms with van der Waals surface area (Å²) in [6, 6.07) is 17.9. The van der Waals surface area contributed by atoms with Crippen molar-refractivity contribution < 1.29 is 24.2 Å². The molecule has 0 heterocycles. The number of amides is 3. The molecular formula is C28H26ClN3O5. The average Bonchev–Trinajstić information content (AvgIpc) is 2.87. The fourth-order valence-corrected chi connectivity index (χ4v) is 3.67. The van der Waals surface area contributed by atoms with Crippen LogP contribution in [0, 0.1) is 19.3 Å². The predicted molar refractivity (Wildman–Crippen MR) is 143 cm³/mol. The molecule has 0 unspecified atom stereocenters. The van der Waals surface area contributed by atoms with E-state index in [1.54, 1.807) is 36.4 Å². The molecule has 0 saturated carbocycles. The summed E-state index contributed by atoms with van der Waals surface area (Å²) >= 11 is 6.36. The van der Waals surface area contributed by atoms with Crippen LogP contribution in [0.2, 0.25) is 5.02 Å². The summed E-state index contributed by atoms with van der Waals surface area (Å²) < 4.78 is 5.62. The van der Waals surface area contributed by atoms with E-state index in [0.29, 0.717) is 27.7 Å². The zero-order chi connectivity index (χ0) is 26.8. The van der Waals surface area contributed by atoms with E-state index >= 15 is 0 Å². The fourth-order valence-electron chi connectivity index (χ4n) is 3.41. The van der Waals surface area contributed by atoms with Gasteiger partial charge in [0.05, 0.1) is 35.8 Å². The summed E-state index contributed by atoms with van der Waals surface area (Å²) in [7, 11) is 0. The molecule has 0 saturated heterocycles. The number of hydrogen-bond acceptors (Lipinski definition) is 4.